The fourth-order valence-corrected chi connectivity index (χ4v) is 2.60. The summed E-state index contributed by atoms with van der Waals surface area (Å²) >= 11 is 0. The third-order valence-electron chi connectivity index (χ3n) is 3.61. The summed E-state index contributed by atoms with van der Waals surface area (Å²) in [6, 6.07) is 7.93. The number of aromatic hydroxyl groups is 1. The van der Waals surface area contributed by atoms with Gasteiger partial charge in [0.1, 0.15) is 17.2 Å². The van der Waals surface area contributed by atoms with Crippen molar-refractivity contribution in [2.45, 2.75) is 27.2 Å². The lowest BCUT2D eigenvalue weighted by molar-refractivity contribution is 0.435. The van der Waals surface area contributed by atoms with Gasteiger partial charge in [-0.05, 0) is 49.6 Å². The average Bonchev–Trinajstić information content (AvgIpc) is 2.33. The number of fused-ring (bicyclic) bond motifs is 2. The Morgan fingerprint density at radius 2 is 1.89 bits per heavy atom. The Balaban J connectivity index is 2.18. The topological polar surface area (TPSA) is 29.5 Å². The standard InChI is InChI=1S/C16H16O2/c1-9-6-10(2)13-8-12-4-5-14(17)11(3)16(12)18-15(13)7-9/h4-7,17H,8H2,1-3H3. The minimum absolute atomic E-state index is 0.293. The van der Waals surface area contributed by atoms with Gasteiger partial charge in [0.2, 0.25) is 0 Å². The highest BCUT2D eigenvalue weighted by Gasteiger charge is 2.21. The number of aryl methyl sites for hydroxylation is 2. The highest BCUT2D eigenvalue weighted by Crippen LogP contribution is 2.42. The van der Waals surface area contributed by atoms with Crippen LogP contribution in [0.3, 0.4) is 0 Å². The van der Waals surface area contributed by atoms with Gasteiger partial charge in [0.05, 0.1) is 0 Å². The Labute approximate surface area is 107 Å². The fourth-order valence-electron chi connectivity index (χ4n) is 2.60. The summed E-state index contributed by atoms with van der Waals surface area (Å²) in [5.41, 5.74) is 5.68. The van der Waals surface area contributed by atoms with Crippen LogP contribution in [-0.2, 0) is 6.42 Å². The van der Waals surface area contributed by atoms with Crippen LogP contribution >= 0.6 is 0 Å². The minimum atomic E-state index is 0.293. The predicted molar refractivity (Wildman–Crippen MR) is 71.6 cm³/mol. The molecule has 0 amide bonds. The van der Waals surface area contributed by atoms with Gasteiger partial charge in [-0.3, -0.25) is 0 Å². The van der Waals surface area contributed by atoms with Gasteiger partial charge in [-0.15, -0.1) is 0 Å². The molecule has 1 aliphatic heterocycles. The molecule has 1 aliphatic rings. The van der Waals surface area contributed by atoms with Crippen LogP contribution in [0, 0.1) is 20.8 Å². The van der Waals surface area contributed by atoms with Crippen molar-refractivity contribution in [3.63, 3.8) is 0 Å². The highest BCUT2D eigenvalue weighted by atomic mass is 16.5. The molecule has 0 unspecified atom stereocenters. The Morgan fingerprint density at radius 1 is 1.11 bits per heavy atom. The van der Waals surface area contributed by atoms with E-state index >= 15 is 0 Å². The molecule has 0 radical (unpaired) electrons. The first-order chi connectivity index (χ1) is 8.56. The lowest BCUT2D eigenvalue weighted by Gasteiger charge is -2.24. The monoisotopic (exact) mass is 240 g/mol. The predicted octanol–water partition coefficient (Wildman–Crippen LogP) is 4.01. The molecule has 92 valence electrons. The lowest BCUT2D eigenvalue weighted by atomic mass is 9.93. The number of hydrogen-bond acceptors (Lipinski definition) is 2. The van der Waals surface area contributed by atoms with E-state index < -0.39 is 0 Å². The first-order valence-electron chi connectivity index (χ1n) is 6.15. The van der Waals surface area contributed by atoms with Crippen molar-refractivity contribution in [3.05, 3.63) is 52.1 Å². The Bertz CT molecular complexity index is 642. The number of ether oxygens (including phenoxy) is 1. The molecule has 3 rings (SSSR count). The van der Waals surface area contributed by atoms with E-state index in [4.69, 9.17) is 4.74 Å². The third-order valence-corrected chi connectivity index (χ3v) is 3.61. The molecule has 0 aromatic heterocycles. The van der Waals surface area contributed by atoms with Crippen molar-refractivity contribution < 1.29 is 9.84 Å². The molecule has 2 aromatic rings. The van der Waals surface area contributed by atoms with Gasteiger partial charge < -0.3 is 9.84 Å². The van der Waals surface area contributed by atoms with Gasteiger partial charge in [0, 0.05) is 17.5 Å². The van der Waals surface area contributed by atoms with Gasteiger partial charge in [-0.25, -0.2) is 0 Å². The molecule has 0 spiro atoms. The second kappa shape index (κ2) is 3.77. The first-order valence-corrected chi connectivity index (χ1v) is 6.15. The SMILES string of the molecule is Cc1cc(C)c2c(c1)Oc1c(ccc(O)c1C)C2. The van der Waals surface area contributed by atoms with Crippen LogP contribution in [0.25, 0.3) is 0 Å². The molecule has 0 fully saturated rings. The van der Waals surface area contributed by atoms with Crippen LogP contribution in [-0.4, -0.2) is 5.11 Å². The maximum absolute atomic E-state index is 9.75. The molecule has 0 saturated carbocycles. The van der Waals surface area contributed by atoms with Crippen molar-refractivity contribution in [2.24, 2.45) is 0 Å². The van der Waals surface area contributed by atoms with E-state index in [0.29, 0.717) is 5.75 Å². The van der Waals surface area contributed by atoms with Crippen molar-refractivity contribution in [2.75, 3.05) is 0 Å². The molecule has 0 bridgehead atoms. The largest absolute Gasteiger partial charge is 0.508 e. The Kier molecular flexibility index (Phi) is 2.34. The van der Waals surface area contributed by atoms with Gasteiger partial charge in [-0.2, -0.15) is 0 Å². The van der Waals surface area contributed by atoms with Crippen LogP contribution in [0.5, 0.6) is 17.2 Å². The summed E-state index contributed by atoms with van der Waals surface area (Å²) in [6.07, 6.45) is 0.873. The van der Waals surface area contributed by atoms with E-state index in [-0.39, 0.29) is 0 Å². The van der Waals surface area contributed by atoms with Crippen molar-refractivity contribution in [3.8, 4) is 17.2 Å². The van der Waals surface area contributed by atoms with Gasteiger partial charge in [-0.1, -0.05) is 12.1 Å². The quantitative estimate of drug-likeness (QED) is 0.643. The summed E-state index contributed by atoms with van der Waals surface area (Å²) in [6.45, 7) is 6.08. The van der Waals surface area contributed by atoms with Crippen LogP contribution in [0.2, 0.25) is 0 Å². The van der Waals surface area contributed by atoms with Crippen molar-refractivity contribution in [1.29, 1.82) is 0 Å². The number of phenolic OH excluding ortho intramolecular Hbond substituents is 1. The third kappa shape index (κ3) is 1.57. The van der Waals surface area contributed by atoms with Crippen molar-refractivity contribution in [1.82, 2.24) is 0 Å². The van der Waals surface area contributed by atoms with Crippen molar-refractivity contribution >= 4 is 0 Å². The zero-order valence-corrected chi connectivity index (χ0v) is 10.9. The summed E-state index contributed by atoms with van der Waals surface area (Å²) in [5.74, 6) is 2.03. The number of phenols is 1. The molecule has 2 aromatic carbocycles. The normalized spacial score (nSPS) is 12.6. The number of benzene rings is 2. The Morgan fingerprint density at radius 3 is 2.67 bits per heavy atom. The van der Waals surface area contributed by atoms with Crippen LogP contribution in [0.15, 0.2) is 24.3 Å². The second-order valence-electron chi connectivity index (χ2n) is 5.04. The summed E-state index contributed by atoms with van der Waals surface area (Å²) in [5, 5.41) is 9.75. The molecule has 1 heterocycles. The van der Waals surface area contributed by atoms with Gasteiger partial charge in [0.15, 0.2) is 0 Å². The molecule has 1 N–H and O–H groups in total. The smallest absolute Gasteiger partial charge is 0.137 e. The molecular formula is C16H16O2. The number of hydrogen-bond donors (Lipinski definition) is 1. The van der Waals surface area contributed by atoms with Crippen LogP contribution in [0.4, 0.5) is 0 Å². The summed E-state index contributed by atoms with van der Waals surface area (Å²) < 4.78 is 5.99. The van der Waals surface area contributed by atoms with Gasteiger partial charge in [0.25, 0.3) is 0 Å². The molecule has 0 aliphatic carbocycles. The first kappa shape index (κ1) is 11.1. The van der Waals surface area contributed by atoms with E-state index in [2.05, 4.69) is 26.0 Å². The maximum atomic E-state index is 9.75. The van der Waals surface area contributed by atoms with Crippen LogP contribution in [0.1, 0.15) is 27.8 Å². The Hall–Kier alpha value is -1.96. The maximum Gasteiger partial charge on any atom is 0.137 e. The fraction of sp³-hybridized carbons (Fsp3) is 0.250. The molecule has 0 saturated heterocycles. The van der Waals surface area contributed by atoms with E-state index in [1.54, 1.807) is 6.07 Å². The van der Waals surface area contributed by atoms with E-state index in [1.807, 2.05) is 13.0 Å². The zero-order chi connectivity index (χ0) is 12.9. The van der Waals surface area contributed by atoms with E-state index in [1.165, 1.54) is 16.7 Å². The average molecular weight is 240 g/mol. The zero-order valence-electron chi connectivity index (χ0n) is 10.9. The number of rotatable bonds is 0. The van der Waals surface area contributed by atoms with E-state index in [0.717, 1.165) is 29.0 Å². The second-order valence-corrected chi connectivity index (χ2v) is 5.04. The molecular weight excluding hydrogens is 224 g/mol. The molecule has 0 atom stereocenters. The summed E-state index contributed by atoms with van der Waals surface area (Å²) in [7, 11) is 0. The van der Waals surface area contributed by atoms with Gasteiger partial charge >= 0.3 is 0 Å². The molecule has 2 nitrogen and oxygen atoms in total. The van der Waals surface area contributed by atoms with Crippen LogP contribution < -0.4 is 4.74 Å². The lowest BCUT2D eigenvalue weighted by Crippen LogP contribution is -2.06. The highest BCUT2D eigenvalue weighted by molar-refractivity contribution is 5.58. The van der Waals surface area contributed by atoms with E-state index in [9.17, 15) is 5.11 Å². The molecule has 2 heteroatoms. The minimum Gasteiger partial charge on any atom is -0.508 e. The summed E-state index contributed by atoms with van der Waals surface area (Å²) in [4.78, 5) is 0. The molecule has 18 heavy (non-hydrogen) atoms.